The van der Waals surface area contributed by atoms with Crippen molar-refractivity contribution in [2.24, 2.45) is 10.9 Å². The van der Waals surface area contributed by atoms with Crippen LogP contribution in [0.4, 0.5) is 0 Å². The molecule has 0 amide bonds. The number of hydrogen-bond acceptors (Lipinski definition) is 5. The molecule has 0 saturated carbocycles. The van der Waals surface area contributed by atoms with Gasteiger partial charge in [-0.25, -0.2) is 26.7 Å². The molecule has 0 fully saturated rings. The van der Waals surface area contributed by atoms with Gasteiger partial charge in [0.1, 0.15) is 0 Å². The molecule has 5 N–H and O–H groups in total. The summed E-state index contributed by atoms with van der Waals surface area (Å²) < 4.78 is 48.2. The molecule has 0 radical (unpaired) electrons. The van der Waals surface area contributed by atoms with Gasteiger partial charge in [0.15, 0.2) is 0 Å². The monoisotopic (exact) mass is 331 g/mol. The van der Waals surface area contributed by atoms with Crippen LogP contribution in [-0.4, -0.2) is 35.7 Å². The molecule has 7 nitrogen and oxygen atoms in total. The first-order valence-electron chi connectivity index (χ1n) is 6.04. The van der Waals surface area contributed by atoms with Crippen molar-refractivity contribution in [2.45, 2.75) is 11.3 Å². The van der Waals surface area contributed by atoms with Gasteiger partial charge in [-0.2, -0.15) is 0 Å². The minimum absolute atomic E-state index is 0.0292. The molecule has 0 bridgehead atoms. The number of nitrogens with one attached hydrogen (secondary N) is 1. The van der Waals surface area contributed by atoms with E-state index in [0.29, 0.717) is 5.56 Å². The van der Waals surface area contributed by atoms with Gasteiger partial charge in [-0.3, -0.25) is 0 Å². The lowest BCUT2D eigenvalue weighted by molar-refractivity contribution is 0.576. The summed E-state index contributed by atoms with van der Waals surface area (Å²) >= 11 is 0. The first-order chi connectivity index (χ1) is 9.76. The van der Waals surface area contributed by atoms with Crippen molar-refractivity contribution in [2.75, 3.05) is 18.8 Å². The van der Waals surface area contributed by atoms with Crippen molar-refractivity contribution in [3.05, 3.63) is 29.8 Å². The highest BCUT2D eigenvalue weighted by molar-refractivity contribution is 7.89. The Labute approximate surface area is 124 Å². The van der Waals surface area contributed by atoms with Gasteiger partial charge in [0.25, 0.3) is 0 Å². The predicted molar refractivity (Wildman–Crippen MR) is 80.2 cm³/mol. The van der Waals surface area contributed by atoms with Crippen molar-refractivity contribution >= 4 is 20.0 Å². The van der Waals surface area contributed by atoms with Gasteiger partial charge >= 0.3 is 0 Å². The topological polar surface area (TPSA) is 132 Å². The Bertz CT molecular complexity index is 746. The van der Waals surface area contributed by atoms with E-state index in [2.05, 4.69) is 16.6 Å². The molecule has 0 unspecified atom stereocenters. The normalized spacial score (nSPS) is 11.7. The number of rotatable bonds is 6. The van der Waals surface area contributed by atoms with Gasteiger partial charge in [-0.05, 0) is 18.6 Å². The molecule has 0 aliphatic carbocycles. The van der Waals surface area contributed by atoms with Crippen LogP contribution in [0.15, 0.2) is 29.2 Å². The zero-order chi connectivity index (χ0) is 15.9. The van der Waals surface area contributed by atoms with E-state index in [4.69, 9.17) is 10.9 Å². The van der Waals surface area contributed by atoms with Crippen LogP contribution in [0.3, 0.4) is 0 Å². The third kappa shape index (κ3) is 6.24. The van der Waals surface area contributed by atoms with E-state index < -0.39 is 20.0 Å². The van der Waals surface area contributed by atoms with Gasteiger partial charge in [0, 0.05) is 12.1 Å². The van der Waals surface area contributed by atoms with Gasteiger partial charge in [0.2, 0.25) is 20.0 Å². The van der Waals surface area contributed by atoms with Crippen LogP contribution in [0.25, 0.3) is 0 Å². The first-order valence-corrected chi connectivity index (χ1v) is 9.24. The number of hydrogen-bond donors (Lipinski definition) is 3. The first kappa shape index (κ1) is 17.6. The van der Waals surface area contributed by atoms with Gasteiger partial charge in [0.05, 0.1) is 17.2 Å². The highest BCUT2D eigenvalue weighted by Crippen LogP contribution is 2.14. The van der Waals surface area contributed by atoms with E-state index in [1.807, 2.05) is 0 Å². The Morgan fingerprint density at radius 1 is 1.14 bits per heavy atom. The van der Waals surface area contributed by atoms with Crippen molar-refractivity contribution in [3.63, 3.8) is 0 Å². The maximum absolute atomic E-state index is 12.1. The lowest BCUT2D eigenvalue weighted by atomic mass is 10.2. The Morgan fingerprint density at radius 3 is 2.43 bits per heavy atom. The summed E-state index contributed by atoms with van der Waals surface area (Å²) in [5.41, 5.74) is 5.60. The smallest absolute Gasteiger partial charge is 0.241 e. The SMILES string of the molecule is NCC#Cc1ccccc1S(=O)(=O)NCCCS(N)(=O)=O. The lowest BCUT2D eigenvalue weighted by Crippen LogP contribution is -2.28. The van der Waals surface area contributed by atoms with E-state index in [0.717, 1.165) is 0 Å². The van der Waals surface area contributed by atoms with Gasteiger partial charge < -0.3 is 5.73 Å². The van der Waals surface area contributed by atoms with Crippen LogP contribution in [0.2, 0.25) is 0 Å². The average Bonchev–Trinajstić information content (AvgIpc) is 2.41. The van der Waals surface area contributed by atoms with Crippen LogP contribution >= 0.6 is 0 Å². The van der Waals surface area contributed by atoms with Crippen molar-refractivity contribution in [1.29, 1.82) is 0 Å². The number of nitrogens with two attached hydrogens (primary N) is 2. The molecule has 0 aliphatic rings. The highest BCUT2D eigenvalue weighted by Gasteiger charge is 2.17. The molecule has 0 aromatic heterocycles. The summed E-state index contributed by atoms with van der Waals surface area (Å²) in [6, 6.07) is 6.23. The minimum Gasteiger partial charge on any atom is -0.320 e. The third-order valence-corrected chi connectivity index (χ3v) is 4.78. The molecule has 116 valence electrons. The van der Waals surface area contributed by atoms with Gasteiger partial charge in [-0.15, -0.1) is 0 Å². The van der Waals surface area contributed by atoms with E-state index >= 15 is 0 Å². The molecular formula is C12H17N3O4S2. The van der Waals surface area contributed by atoms with E-state index in [1.165, 1.54) is 6.07 Å². The van der Waals surface area contributed by atoms with Crippen molar-refractivity contribution in [1.82, 2.24) is 4.72 Å². The second-order valence-electron chi connectivity index (χ2n) is 4.12. The summed E-state index contributed by atoms with van der Waals surface area (Å²) in [6.07, 6.45) is 0.0920. The predicted octanol–water partition coefficient (Wildman–Crippen LogP) is -1.05. The maximum atomic E-state index is 12.1. The Balaban J connectivity index is 2.84. The Morgan fingerprint density at radius 2 is 1.81 bits per heavy atom. The summed E-state index contributed by atoms with van der Waals surface area (Å²) in [7, 11) is -7.37. The zero-order valence-electron chi connectivity index (χ0n) is 11.2. The fourth-order valence-electron chi connectivity index (χ4n) is 1.51. The third-order valence-electron chi connectivity index (χ3n) is 2.40. The molecule has 1 aromatic rings. The maximum Gasteiger partial charge on any atom is 0.241 e. The molecule has 0 spiro atoms. The van der Waals surface area contributed by atoms with E-state index in [1.54, 1.807) is 18.2 Å². The fourth-order valence-corrected chi connectivity index (χ4v) is 3.29. The Hall–Kier alpha value is -1.44. The number of primary sulfonamides is 1. The highest BCUT2D eigenvalue weighted by atomic mass is 32.2. The van der Waals surface area contributed by atoms with Crippen LogP contribution in [0.1, 0.15) is 12.0 Å². The number of benzene rings is 1. The molecule has 0 atom stereocenters. The molecule has 0 aliphatic heterocycles. The van der Waals surface area contributed by atoms with E-state index in [9.17, 15) is 16.8 Å². The summed E-state index contributed by atoms with van der Waals surface area (Å²) in [6.45, 7) is 0.0909. The Kier molecular flexibility index (Phi) is 6.32. The lowest BCUT2D eigenvalue weighted by Gasteiger charge is -2.08. The molecular weight excluding hydrogens is 314 g/mol. The summed E-state index contributed by atoms with van der Waals surface area (Å²) in [5, 5.41) is 4.84. The standard InChI is InChI=1S/C12H17N3O4S2/c13-8-3-6-11-5-1-2-7-12(11)21(18,19)15-9-4-10-20(14,16)17/h1-2,5,7,15H,4,8-10,13H2,(H2,14,16,17). The van der Waals surface area contributed by atoms with Crippen LogP contribution in [0.5, 0.6) is 0 Å². The zero-order valence-corrected chi connectivity index (χ0v) is 12.9. The number of sulfonamides is 2. The fraction of sp³-hybridized carbons (Fsp3) is 0.333. The van der Waals surface area contributed by atoms with Crippen LogP contribution in [0, 0.1) is 11.8 Å². The van der Waals surface area contributed by atoms with Crippen molar-refractivity contribution < 1.29 is 16.8 Å². The van der Waals surface area contributed by atoms with Crippen LogP contribution < -0.4 is 15.6 Å². The van der Waals surface area contributed by atoms with Crippen LogP contribution in [-0.2, 0) is 20.0 Å². The molecule has 9 heteroatoms. The molecule has 21 heavy (non-hydrogen) atoms. The van der Waals surface area contributed by atoms with Crippen molar-refractivity contribution in [3.8, 4) is 11.8 Å². The quantitative estimate of drug-likeness (QED) is 0.452. The molecule has 1 rings (SSSR count). The molecule has 0 saturated heterocycles. The molecule has 1 aromatic carbocycles. The van der Waals surface area contributed by atoms with Gasteiger partial charge in [-0.1, -0.05) is 24.0 Å². The molecule has 0 heterocycles. The largest absolute Gasteiger partial charge is 0.320 e. The summed E-state index contributed by atoms with van der Waals surface area (Å²) in [5.74, 6) is 4.99. The average molecular weight is 331 g/mol. The minimum atomic E-state index is -3.77. The second kappa shape index (κ2) is 7.53. The van der Waals surface area contributed by atoms with E-state index in [-0.39, 0.29) is 30.2 Å². The second-order valence-corrected chi connectivity index (χ2v) is 7.59. The summed E-state index contributed by atoms with van der Waals surface area (Å²) in [4.78, 5) is 0.0292.